The van der Waals surface area contributed by atoms with E-state index in [1.807, 2.05) is 6.07 Å². The van der Waals surface area contributed by atoms with Crippen LogP contribution in [0, 0.1) is 15.9 Å². The zero-order valence-electron chi connectivity index (χ0n) is 11.1. The van der Waals surface area contributed by atoms with E-state index in [4.69, 9.17) is 21.6 Å². The number of aliphatic imine (C=N–C) groups is 1. The second kappa shape index (κ2) is 6.87. The maximum atomic E-state index is 11.6. The summed E-state index contributed by atoms with van der Waals surface area (Å²) in [7, 11) is 1.54. The van der Waals surface area contributed by atoms with Gasteiger partial charge in [0.25, 0.3) is 5.91 Å². The summed E-state index contributed by atoms with van der Waals surface area (Å²) in [5.41, 5.74) is 6.32. The van der Waals surface area contributed by atoms with Crippen molar-refractivity contribution in [1.82, 2.24) is 0 Å². The molecule has 21 heavy (non-hydrogen) atoms. The van der Waals surface area contributed by atoms with E-state index in [-0.39, 0.29) is 17.7 Å². The number of ether oxygens (including phenoxy) is 2. The van der Waals surface area contributed by atoms with Crippen molar-refractivity contribution in [1.29, 1.82) is 0 Å². The summed E-state index contributed by atoms with van der Waals surface area (Å²) in [6.07, 6.45) is 6.91. The summed E-state index contributed by atoms with van der Waals surface area (Å²) in [6.45, 7) is 0.158. The highest BCUT2D eigenvalue weighted by Crippen LogP contribution is 2.35. The van der Waals surface area contributed by atoms with Crippen molar-refractivity contribution >= 4 is 51.5 Å². The van der Waals surface area contributed by atoms with E-state index in [0.717, 1.165) is 20.9 Å². The predicted molar refractivity (Wildman–Crippen MR) is 92.2 cm³/mol. The van der Waals surface area contributed by atoms with Gasteiger partial charge in [0.05, 0.1) is 15.6 Å². The molecule has 1 amide bonds. The molecule has 0 aliphatic carbocycles. The Hall–Kier alpha value is -1.66. The number of carbonyl (C=O) groups excluding carboxylic acids is 1. The minimum atomic E-state index is -0.334. The van der Waals surface area contributed by atoms with Crippen LogP contribution in [0.5, 0.6) is 11.5 Å². The van der Waals surface area contributed by atoms with Crippen molar-refractivity contribution in [2.24, 2.45) is 10.7 Å². The maximum Gasteiger partial charge on any atom is 0.286 e. The molecule has 0 saturated heterocycles. The molecular weight excluding hydrogens is 403 g/mol. The average molecular weight is 414 g/mol. The fourth-order valence-corrected chi connectivity index (χ4v) is 3.12. The Kier molecular flexibility index (Phi) is 5.14. The summed E-state index contributed by atoms with van der Waals surface area (Å²) in [5.74, 6) is 3.21. The third kappa shape index (κ3) is 3.71. The van der Waals surface area contributed by atoms with Crippen molar-refractivity contribution in [3.05, 3.63) is 26.2 Å². The van der Waals surface area contributed by atoms with Crippen molar-refractivity contribution in [3.8, 4) is 23.8 Å². The topological polar surface area (TPSA) is 73.9 Å². The first-order valence-corrected chi connectivity index (χ1v) is 7.66. The van der Waals surface area contributed by atoms with Crippen LogP contribution in [0.1, 0.15) is 5.56 Å². The van der Waals surface area contributed by atoms with Crippen molar-refractivity contribution < 1.29 is 14.3 Å². The fraction of sp³-hybridized carbons (Fsp3) is 0.143. The number of hydrogen-bond donors (Lipinski definition) is 1. The molecule has 0 aromatic heterocycles. The molecule has 0 bridgehead atoms. The van der Waals surface area contributed by atoms with Gasteiger partial charge in [-0.1, -0.05) is 5.92 Å². The average Bonchev–Trinajstić information content (AvgIpc) is 2.75. The zero-order chi connectivity index (χ0) is 15.4. The number of halogens is 1. The fourth-order valence-electron chi connectivity index (χ4n) is 1.65. The van der Waals surface area contributed by atoms with Gasteiger partial charge in [-0.2, -0.15) is 4.99 Å². The summed E-state index contributed by atoms with van der Waals surface area (Å²) in [6, 6.07) is 3.63. The van der Waals surface area contributed by atoms with Gasteiger partial charge >= 0.3 is 0 Å². The zero-order valence-corrected chi connectivity index (χ0v) is 14.0. The normalized spacial score (nSPS) is 15.8. The molecule has 2 rings (SSSR count). The van der Waals surface area contributed by atoms with Gasteiger partial charge in [-0.05, 0) is 58.1 Å². The first kappa shape index (κ1) is 15.7. The number of methoxy groups -OCH3 is 1. The molecule has 7 heteroatoms. The number of amidine groups is 1. The number of rotatable bonds is 4. The number of nitrogens with two attached hydrogens (primary N) is 1. The van der Waals surface area contributed by atoms with Crippen LogP contribution < -0.4 is 15.2 Å². The van der Waals surface area contributed by atoms with Crippen LogP contribution >= 0.6 is 34.4 Å². The van der Waals surface area contributed by atoms with E-state index in [9.17, 15) is 4.79 Å². The third-order valence-corrected chi connectivity index (χ3v) is 4.10. The van der Waals surface area contributed by atoms with Crippen molar-refractivity contribution in [2.45, 2.75) is 0 Å². The molecule has 0 spiro atoms. The summed E-state index contributed by atoms with van der Waals surface area (Å²) in [4.78, 5) is 15.7. The summed E-state index contributed by atoms with van der Waals surface area (Å²) < 4.78 is 11.6. The van der Waals surface area contributed by atoms with Gasteiger partial charge in [-0.15, -0.1) is 6.42 Å². The highest BCUT2D eigenvalue weighted by atomic mass is 127. The lowest BCUT2D eigenvalue weighted by Gasteiger charge is -2.12. The monoisotopic (exact) mass is 414 g/mol. The Morgan fingerprint density at radius 3 is 2.90 bits per heavy atom. The van der Waals surface area contributed by atoms with Gasteiger partial charge < -0.3 is 15.2 Å². The van der Waals surface area contributed by atoms with Gasteiger partial charge in [0.1, 0.15) is 6.61 Å². The predicted octanol–water partition coefficient (Wildman–Crippen LogP) is 2.24. The number of nitrogens with zero attached hydrogens (tertiary/aromatic N) is 1. The maximum absolute atomic E-state index is 11.6. The Balaban J connectivity index is 2.35. The molecule has 2 N–H and O–H groups in total. The third-order valence-electron chi connectivity index (χ3n) is 2.49. The molecule has 1 aromatic carbocycles. The molecule has 0 fully saturated rings. The molecule has 0 saturated carbocycles. The van der Waals surface area contributed by atoms with Crippen molar-refractivity contribution in [2.75, 3.05) is 13.7 Å². The highest BCUT2D eigenvalue weighted by Gasteiger charge is 2.20. The highest BCUT2D eigenvalue weighted by molar-refractivity contribution is 14.1. The molecule has 1 heterocycles. The van der Waals surface area contributed by atoms with E-state index < -0.39 is 0 Å². The van der Waals surface area contributed by atoms with Crippen LogP contribution in [-0.4, -0.2) is 24.8 Å². The number of terminal acetylenes is 1. The lowest BCUT2D eigenvalue weighted by atomic mass is 10.2. The van der Waals surface area contributed by atoms with Crippen LogP contribution in [0.2, 0.25) is 0 Å². The van der Waals surface area contributed by atoms with E-state index in [1.165, 1.54) is 0 Å². The largest absolute Gasteiger partial charge is 0.493 e. The minimum Gasteiger partial charge on any atom is -0.493 e. The summed E-state index contributed by atoms with van der Waals surface area (Å²) in [5, 5.41) is 0.252. The van der Waals surface area contributed by atoms with Crippen LogP contribution in [0.25, 0.3) is 6.08 Å². The Labute approximate surface area is 140 Å². The van der Waals surface area contributed by atoms with Crippen LogP contribution in [-0.2, 0) is 4.79 Å². The van der Waals surface area contributed by atoms with Gasteiger partial charge in [0.15, 0.2) is 16.7 Å². The van der Waals surface area contributed by atoms with Gasteiger partial charge in [0.2, 0.25) is 0 Å². The first-order valence-electron chi connectivity index (χ1n) is 5.77. The Bertz CT molecular complexity index is 692. The van der Waals surface area contributed by atoms with Crippen LogP contribution in [0.15, 0.2) is 22.0 Å². The Morgan fingerprint density at radius 1 is 1.57 bits per heavy atom. The molecule has 0 radical (unpaired) electrons. The molecule has 5 nitrogen and oxygen atoms in total. The quantitative estimate of drug-likeness (QED) is 0.465. The van der Waals surface area contributed by atoms with E-state index >= 15 is 0 Å². The van der Waals surface area contributed by atoms with Crippen LogP contribution in [0.3, 0.4) is 0 Å². The van der Waals surface area contributed by atoms with E-state index in [0.29, 0.717) is 16.4 Å². The second-order valence-electron chi connectivity index (χ2n) is 3.89. The molecule has 0 unspecified atom stereocenters. The van der Waals surface area contributed by atoms with Crippen molar-refractivity contribution in [3.63, 3.8) is 0 Å². The molecule has 108 valence electrons. The molecular formula is C14H11IN2O3S. The Morgan fingerprint density at radius 2 is 2.33 bits per heavy atom. The van der Waals surface area contributed by atoms with Crippen LogP contribution in [0.4, 0.5) is 0 Å². The SMILES string of the molecule is C#CCOc1c(I)cc(/C=C2\SC(N)=NC2=O)cc1OC. The lowest BCUT2D eigenvalue weighted by molar-refractivity contribution is -0.113. The molecule has 1 aliphatic rings. The number of hydrogen-bond acceptors (Lipinski definition) is 5. The minimum absolute atomic E-state index is 0.158. The number of benzene rings is 1. The molecule has 1 aliphatic heterocycles. The standard InChI is InChI=1S/C14H11IN2O3S/c1-3-4-20-12-9(15)5-8(6-10(12)19-2)7-11-13(18)17-14(16)21-11/h1,5-7H,4H2,2H3,(H2,16,17,18)/b11-7-. The lowest BCUT2D eigenvalue weighted by Crippen LogP contribution is -2.01. The van der Waals surface area contributed by atoms with E-state index in [2.05, 4.69) is 33.5 Å². The second-order valence-corrected chi connectivity index (χ2v) is 6.12. The number of amides is 1. The van der Waals surface area contributed by atoms with Gasteiger partial charge in [-0.25, -0.2) is 0 Å². The van der Waals surface area contributed by atoms with Gasteiger partial charge in [-0.3, -0.25) is 4.79 Å². The summed E-state index contributed by atoms with van der Waals surface area (Å²) >= 11 is 3.27. The number of thioether (sulfide) groups is 1. The van der Waals surface area contributed by atoms with E-state index in [1.54, 1.807) is 19.3 Å². The first-order chi connectivity index (χ1) is 10.0. The van der Waals surface area contributed by atoms with Gasteiger partial charge in [0, 0.05) is 0 Å². The molecule has 1 aromatic rings. The smallest absolute Gasteiger partial charge is 0.286 e. The number of carbonyl (C=O) groups is 1. The molecule has 0 atom stereocenters.